The summed E-state index contributed by atoms with van der Waals surface area (Å²) in [5.41, 5.74) is 0.207. The molecule has 0 radical (unpaired) electrons. The summed E-state index contributed by atoms with van der Waals surface area (Å²) in [5.74, 6) is -0.179. The molecule has 1 fully saturated rings. The average Bonchev–Trinajstić information content (AvgIpc) is 2.24. The van der Waals surface area contributed by atoms with E-state index >= 15 is 0 Å². The van der Waals surface area contributed by atoms with Crippen LogP contribution in [0.15, 0.2) is 17.1 Å². The molecule has 2 rings (SSSR count). The lowest BCUT2D eigenvalue weighted by Gasteiger charge is -2.33. The van der Waals surface area contributed by atoms with Gasteiger partial charge in [-0.3, -0.25) is 4.79 Å². The molecule has 1 saturated heterocycles. The van der Waals surface area contributed by atoms with E-state index in [0.717, 1.165) is 26.2 Å². The number of aromatic amines is 1. The molecule has 15 heavy (non-hydrogen) atoms. The zero-order valence-corrected chi connectivity index (χ0v) is 8.73. The fourth-order valence-corrected chi connectivity index (χ4v) is 1.76. The molecule has 0 bridgehead atoms. The van der Waals surface area contributed by atoms with E-state index in [4.69, 9.17) is 0 Å². The van der Waals surface area contributed by atoms with Crippen molar-refractivity contribution in [3.63, 3.8) is 0 Å². The van der Waals surface area contributed by atoms with Gasteiger partial charge in [-0.15, -0.1) is 0 Å². The van der Waals surface area contributed by atoms with Gasteiger partial charge in [0.25, 0.3) is 5.56 Å². The number of likely N-dealkylation sites (N-methyl/N-ethyl adjacent to an activating group) is 1. The second-order valence-electron chi connectivity index (χ2n) is 3.83. The van der Waals surface area contributed by atoms with Crippen LogP contribution in [0.5, 0.6) is 5.75 Å². The third-order valence-corrected chi connectivity index (χ3v) is 2.76. The maximum absolute atomic E-state index is 11.2. The first-order valence-electron chi connectivity index (χ1n) is 5.02. The number of aromatic hydroxyl groups is 1. The second-order valence-corrected chi connectivity index (χ2v) is 3.83. The molecule has 82 valence electrons. The number of anilines is 1. The van der Waals surface area contributed by atoms with Gasteiger partial charge < -0.3 is 19.9 Å². The van der Waals surface area contributed by atoms with Crippen LogP contribution < -0.4 is 10.5 Å². The molecule has 0 amide bonds. The van der Waals surface area contributed by atoms with E-state index in [-0.39, 0.29) is 5.75 Å². The van der Waals surface area contributed by atoms with Crippen LogP contribution in [0.1, 0.15) is 0 Å². The standard InChI is InChI=1S/C10H15N3O2/c1-12-4-6-13(7-5-12)8-2-3-11-10(15)9(8)14/h2-3,14H,4-7H2,1H3,(H,11,15). The zero-order valence-electron chi connectivity index (χ0n) is 8.73. The summed E-state index contributed by atoms with van der Waals surface area (Å²) in [6.07, 6.45) is 1.57. The van der Waals surface area contributed by atoms with Gasteiger partial charge in [-0.05, 0) is 13.1 Å². The van der Waals surface area contributed by atoms with Crippen molar-refractivity contribution in [3.8, 4) is 5.75 Å². The minimum Gasteiger partial charge on any atom is -0.502 e. The Hall–Kier alpha value is -1.49. The number of aromatic nitrogens is 1. The number of pyridine rings is 1. The smallest absolute Gasteiger partial charge is 0.292 e. The number of hydrogen-bond donors (Lipinski definition) is 2. The van der Waals surface area contributed by atoms with E-state index in [1.807, 2.05) is 4.90 Å². The Morgan fingerprint density at radius 2 is 2.00 bits per heavy atom. The highest BCUT2D eigenvalue weighted by Gasteiger charge is 2.17. The molecule has 1 aliphatic rings. The first-order chi connectivity index (χ1) is 7.18. The number of H-pyrrole nitrogens is 1. The van der Waals surface area contributed by atoms with Gasteiger partial charge in [0.15, 0.2) is 0 Å². The Labute approximate surface area is 87.9 Å². The van der Waals surface area contributed by atoms with E-state index in [9.17, 15) is 9.90 Å². The molecular formula is C10H15N3O2. The van der Waals surface area contributed by atoms with Crippen molar-refractivity contribution in [1.29, 1.82) is 0 Å². The second kappa shape index (κ2) is 3.94. The van der Waals surface area contributed by atoms with E-state index in [1.165, 1.54) is 0 Å². The highest BCUT2D eigenvalue weighted by Crippen LogP contribution is 2.22. The molecule has 0 atom stereocenters. The zero-order chi connectivity index (χ0) is 10.8. The molecule has 0 aliphatic carbocycles. The van der Waals surface area contributed by atoms with Crippen LogP contribution in [0.2, 0.25) is 0 Å². The Morgan fingerprint density at radius 1 is 1.33 bits per heavy atom. The topological polar surface area (TPSA) is 59.6 Å². The molecule has 2 N–H and O–H groups in total. The van der Waals surface area contributed by atoms with Crippen molar-refractivity contribution in [2.24, 2.45) is 0 Å². The van der Waals surface area contributed by atoms with Crippen molar-refractivity contribution in [3.05, 3.63) is 22.6 Å². The molecule has 0 saturated carbocycles. The van der Waals surface area contributed by atoms with Gasteiger partial charge in [-0.2, -0.15) is 0 Å². The summed E-state index contributed by atoms with van der Waals surface area (Å²) in [5, 5.41) is 9.62. The number of piperazine rings is 1. The van der Waals surface area contributed by atoms with Crippen molar-refractivity contribution in [2.45, 2.75) is 0 Å². The molecule has 1 aliphatic heterocycles. The molecular weight excluding hydrogens is 194 g/mol. The first-order valence-corrected chi connectivity index (χ1v) is 5.02. The van der Waals surface area contributed by atoms with E-state index in [1.54, 1.807) is 12.3 Å². The first kappa shape index (κ1) is 10.0. The van der Waals surface area contributed by atoms with Crippen LogP contribution in [-0.2, 0) is 0 Å². The lowest BCUT2D eigenvalue weighted by atomic mass is 10.2. The van der Waals surface area contributed by atoms with Gasteiger partial charge in [0.2, 0.25) is 5.75 Å². The third-order valence-electron chi connectivity index (χ3n) is 2.76. The highest BCUT2D eigenvalue weighted by atomic mass is 16.3. The van der Waals surface area contributed by atoms with E-state index in [2.05, 4.69) is 16.9 Å². The largest absolute Gasteiger partial charge is 0.502 e. The maximum atomic E-state index is 11.2. The van der Waals surface area contributed by atoms with Crippen molar-refractivity contribution < 1.29 is 5.11 Å². The predicted molar refractivity (Wildman–Crippen MR) is 58.4 cm³/mol. The Bertz CT molecular complexity index is 394. The van der Waals surface area contributed by atoms with Crippen LogP contribution >= 0.6 is 0 Å². The number of rotatable bonds is 1. The van der Waals surface area contributed by atoms with Crippen molar-refractivity contribution >= 4 is 5.69 Å². The lowest BCUT2D eigenvalue weighted by molar-refractivity contribution is 0.311. The Morgan fingerprint density at radius 3 is 2.67 bits per heavy atom. The Kier molecular flexibility index (Phi) is 2.64. The summed E-state index contributed by atoms with van der Waals surface area (Å²) in [6, 6.07) is 1.74. The Balaban J connectivity index is 2.23. The van der Waals surface area contributed by atoms with Crippen LogP contribution in [0.4, 0.5) is 5.69 Å². The van der Waals surface area contributed by atoms with E-state index < -0.39 is 5.56 Å². The van der Waals surface area contributed by atoms with Crippen LogP contribution in [0, 0.1) is 0 Å². The summed E-state index contributed by atoms with van der Waals surface area (Å²) >= 11 is 0. The van der Waals surface area contributed by atoms with Gasteiger partial charge in [0.1, 0.15) is 0 Å². The molecule has 5 nitrogen and oxygen atoms in total. The van der Waals surface area contributed by atoms with Crippen LogP contribution in [0.25, 0.3) is 0 Å². The van der Waals surface area contributed by atoms with Crippen molar-refractivity contribution in [2.75, 3.05) is 38.1 Å². The molecule has 2 heterocycles. The minimum atomic E-state index is -0.425. The fraction of sp³-hybridized carbons (Fsp3) is 0.500. The summed E-state index contributed by atoms with van der Waals surface area (Å²) in [7, 11) is 2.06. The quantitative estimate of drug-likeness (QED) is 0.674. The van der Waals surface area contributed by atoms with Gasteiger partial charge in [0.05, 0.1) is 5.69 Å². The molecule has 0 unspecified atom stereocenters. The van der Waals surface area contributed by atoms with Gasteiger partial charge in [-0.1, -0.05) is 0 Å². The third kappa shape index (κ3) is 1.97. The number of hydrogen-bond acceptors (Lipinski definition) is 4. The van der Waals surface area contributed by atoms with Crippen molar-refractivity contribution in [1.82, 2.24) is 9.88 Å². The molecule has 1 aromatic heterocycles. The van der Waals surface area contributed by atoms with E-state index in [0.29, 0.717) is 5.69 Å². The summed E-state index contributed by atoms with van der Waals surface area (Å²) in [6.45, 7) is 3.58. The predicted octanol–water partition coefficient (Wildman–Crippen LogP) is -0.168. The van der Waals surface area contributed by atoms with Gasteiger partial charge in [-0.25, -0.2) is 0 Å². The fourth-order valence-electron chi connectivity index (χ4n) is 1.76. The number of nitrogens with one attached hydrogen (secondary N) is 1. The molecule has 5 heteroatoms. The average molecular weight is 209 g/mol. The normalized spacial score (nSPS) is 18.1. The SMILES string of the molecule is CN1CCN(c2cc[nH]c(=O)c2O)CC1. The summed E-state index contributed by atoms with van der Waals surface area (Å²) < 4.78 is 0. The number of nitrogens with zero attached hydrogens (tertiary/aromatic N) is 2. The maximum Gasteiger partial charge on any atom is 0.292 e. The minimum absolute atomic E-state index is 0.179. The van der Waals surface area contributed by atoms with Crippen LogP contribution in [0.3, 0.4) is 0 Å². The van der Waals surface area contributed by atoms with Gasteiger partial charge in [0, 0.05) is 32.4 Å². The molecule has 1 aromatic rings. The molecule has 0 spiro atoms. The highest BCUT2D eigenvalue weighted by molar-refractivity contribution is 5.56. The monoisotopic (exact) mass is 209 g/mol. The molecule has 0 aromatic carbocycles. The lowest BCUT2D eigenvalue weighted by Crippen LogP contribution is -2.44. The van der Waals surface area contributed by atoms with Crippen LogP contribution in [-0.4, -0.2) is 48.2 Å². The van der Waals surface area contributed by atoms with Gasteiger partial charge >= 0.3 is 0 Å². The summed E-state index contributed by atoms with van der Waals surface area (Å²) in [4.78, 5) is 17.9.